The van der Waals surface area contributed by atoms with E-state index in [1.165, 1.54) is 22.1 Å². The number of fused-ring (bicyclic) bond motifs is 1. The maximum absolute atomic E-state index is 13.5. The molecule has 0 aliphatic rings. The third-order valence-corrected chi connectivity index (χ3v) is 7.38. The highest BCUT2D eigenvalue weighted by molar-refractivity contribution is 7.19. The molecule has 6 aromatic rings. The molecule has 3 heteroatoms. The molecule has 1 aromatic heterocycles. The van der Waals surface area contributed by atoms with Gasteiger partial charge in [0.2, 0.25) is 5.78 Å². The van der Waals surface area contributed by atoms with Crippen molar-refractivity contribution in [1.29, 1.82) is 0 Å². The average Bonchev–Trinajstić information content (AvgIpc) is 3.39. The number of hydrogen-bond donors (Lipinski definition) is 0. The first-order chi connectivity index (χ1) is 17.8. The minimum atomic E-state index is 0.0376. The predicted molar refractivity (Wildman–Crippen MR) is 152 cm³/mol. The van der Waals surface area contributed by atoms with E-state index in [0.29, 0.717) is 5.56 Å². The van der Waals surface area contributed by atoms with Gasteiger partial charge in [-0.2, -0.15) is 0 Å². The lowest BCUT2D eigenvalue weighted by atomic mass is 10.0. The van der Waals surface area contributed by atoms with E-state index in [1.54, 1.807) is 0 Å². The average molecular weight is 482 g/mol. The summed E-state index contributed by atoms with van der Waals surface area (Å²) in [5.41, 5.74) is 4.92. The standard InChI is InChI=1S/C33H23NOS/c35-32(26-15-6-2-7-16-26)31-23-30(25-13-4-1-5-14-25)33(36-31)34(28-18-8-3-9-19-28)29-21-20-24-12-10-11-17-27(24)22-29/h1-23H. The molecule has 0 aliphatic heterocycles. The van der Waals surface area contributed by atoms with E-state index in [4.69, 9.17) is 0 Å². The highest BCUT2D eigenvalue weighted by Gasteiger charge is 2.23. The van der Waals surface area contributed by atoms with Crippen LogP contribution in [0.2, 0.25) is 0 Å². The number of para-hydroxylation sites is 1. The number of rotatable bonds is 6. The van der Waals surface area contributed by atoms with Gasteiger partial charge in [-0.25, -0.2) is 0 Å². The maximum atomic E-state index is 13.5. The lowest BCUT2D eigenvalue weighted by molar-refractivity contribution is 0.104. The van der Waals surface area contributed by atoms with Gasteiger partial charge in [-0.1, -0.05) is 109 Å². The van der Waals surface area contributed by atoms with Gasteiger partial charge in [-0.05, 0) is 46.7 Å². The second-order valence-electron chi connectivity index (χ2n) is 8.59. The second kappa shape index (κ2) is 9.65. The summed E-state index contributed by atoms with van der Waals surface area (Å²) in [5, 5.41) is 3.39. The SMILES string of the molecule is O=C(c1ccccc1)c1cc(-c2ccccc2)c(N(c2ccccc2)c2ccc3ccccc3c2)s1. The first kappa shape index (κ1) is 22.0. The van der Waals surface area contributed by atoms with Crippen LogP contribution in [0, 0.1) is 0 Å². The van der Waals surface area contributed by atoms with Crippen LogP contribution in [0.15, 0.2) is 140 Å². The Balaban J connectivity index is 1.58. The van der Waals surface area contributed by atoms with Crippen molar-refractivity contribution in [2.75, 3.05) is 4.90 Å². The molecule has 0 amide bonds. The van der Waals surface area contributed by atoms with Crippen molar-refractivity contribution < 1.29 is 4.79 Å². The summed E-state index contributed by atoms with van der Waals surface area (Å²) in [6.45, 7) is 0. The Morgan fingerprint density at radius 3 is 1.89 bits per heavy atom. The molecule has 6 rings (SSSR count). The van der Waals surface area contributed by atoms with Crippen molar-refractivity contribution in [3.05, 3.63) is 150 Å². The Kier molecular flexibility index (Phi) is 5.90. The van der Waals surface area contributed by atoms with Gasteiger partial charge in [0.25, 0.3) is 0 Å². The molecule has 2 nitrogen and oxygen atoms in total. The quantitative estimate of drug-likeness (QED) is 0.221. The lowest BCUT2D eigenvalue weighted by Gasteiger charge is -2.25. The van der Waals surface area contributed by atoms with E-state index >= 15 is 0 Å². The summed E-state index contributed by atoms with van der Waals surface area (Å²) < 4.78 is 0. The summed E-state index contributed by atoms with van der Waals surface area (Å²) in [6, 6.07) is 47.1. The Morgan fingerprint density at radius 2 is 1.17 bits per heavy atom. The topological polar surface area (TPSA) is 20.3 Å². The zero-order valence-electron chi connectivity index (χ0n) is 19.5. The normalized spacial score (nSPS) is 10.9. The minimum absolute atomic E-state index is 0.0376. The molecule has 0 saturated carbocycles. The van der Waals surface area contributed by atoms with Gasteiger partial charge in [0, 0.05) is 22.5 Å². The Labute approximate surface area is 214 Å². The summed E-state index contributed by atoms with van der Waals surface area (Å²) in [6.07, 6.45) is 0. The highest BCUT2D eigenvalue weighted by Crippen LogP contribution is 2.46. The van der Waals surface area contributed by atoms with E-state index in [9.17, 15) is 4.79 Å². The van der Waals surface area contributed by atoms with E-state index in [1.807, 2.05) is 60.7 Å². The number of carbonyl (C=O) groups excluding carboxylic acids is 1. The van der Waals surface area contributed by atoms with Crippen LogP contribution in [-0.2, 0) is 0 Å². The summed E-state index contributed by atoms with van der Waals surface area (Å²) in [7, 11) is 0. The van der Waals surface area contributed by atoms with Crippen molar-refractivity contribution in [3.63, 3.8) is 0 Å². The molecule has 0 spiro atoms. The third kappa shape index (κ3) is 4.21. The molecule has 1 heterocycles. The molecule has 0 fully saturated rings. The van der Waals surface area contributed by atoms with Crippen LogP contribution in [0.5, 0.6) is 0 Å². The fourth-order valence-electron chi connectivity index (χ4n) is 4.49. The number of benzene rings is 5. The fourth-order valence-corrected chi connectivity index (χ4v) is 5.68. The first-order valence-corrected chi connectivity index (χ1v) is 12.7. The van der Waals surface area contributed by atoms with Crippen molar-refractivity contribution in [2.45, 2.75) is 0 Å². The van der Waals surface area contributed by atoms with Crippen LogP contribution >= 0.6 is 11.3 Å². The molecule has 0 radical (unpaired) electrons. The molecule has 5 aromatic carbocycles. The van der Waals surface area contributed by atoms with Crippen LogP contribution in [0.25, 0.3) is 21.9 Å². The van der Waals surface area contributed by atoms with Crippen molar-refractivity contribution in [1.82, 2.24) is 0 Å². The number of hydrogen-bond acceptors (Lipinski definition) is 3. The van der Waals surface area contributed by atoms with Crippen LogP contribution in [0.1, 0.15) is 15.2 Å². The third-order valence-electron chi connectivity index (χ3n) is 6.27. The fraction of sp³-hybridized carbons (Fsp3) is 0. The molecular formula is C33H23NOS. The number of carbonyl (C=O) groups is 1. The summed E-state index contributed by atoms with van der Waals surface area (Å²) >= 11 is 1.54. The van der Waals surface area contributed by atoms with Gasteiger partial charge in [0.05, 0.1) is 4.88 Å². The zero-order chi connectivity index (χ0) is 24.3. The van der Waals surface area contributed by atoms with Crippen LogP contribution in [0.3, 0.4) is 0 Å². The van der Waals surface area contributed by atoms with Crippen molar-refractivity contribution in [2.24, 2.45) is 0 Å². The summed E-state index contributed by atoms with van der Waals surface area (Å²) in [4.78, 5) is 16.5. The van der Waals surface area contributed by atoms with Crippen molar-refractivity contribution >= 4 is 44.3 Å². The number of ketones is 1. The molecule has 172 valence electrons. The van der Waals surface area contributed by atoms with Gasteiger partial charge < -0.3 is 4.90 Å². The summed E-state index contributed by atoms with van der Waals surface area (Å²) in [5.74, 6) is 0.0376. The smallest absolute Gasteiger partial charge is 0.203 e. The van der Waals surface area contributed by atoms with Gasteiger partial charge in [-0.3, -0.25) is 4.79 Å². The van der Waals surface area contributed by atoms with E-state index in [2.05, 4.69) is 83.8 Å². The number of thiophene rings is 1. The second-order valence-corrected chi connectivity index (χ2v) is 9.62. The Bertz CT molecular complexity index is 1640. The highest BCUT2D eigenvalue weighted by atomic mass is 32.1. The van der Waals surface area contributed by atoms with E-state index in [-0.39, 0.29) is 5.78 Å². The molecule has 0 unspecified atom stereocenters. The van der Waals surface area contributed by atoms with Gasteiger partial charge >= 0.3 is 0 Å². The van der Waals surface area contributed by atoms with Crippen LogP contribution < -0.4 is 4.90 Å². The van der Waals surface area contributed by atoms with E-state index < -0.39 is 0 Å². The molecule has 0 atom stereocenters. The predicted octanol–water partition coefficient (Wildman–Crippen LogP) is 9.27. The Morgan fingerprint density at radius 1 is 0.556 bits per heavy atom. The monoisotopic (exact) mass is 481 g/mol. The van der Waals surface area contributed by atoms with Gasteiger partial charge in [0.15, 0.2) is 0 Å². The maximum Gasteiger partial charge on any atom is 0.203 e. The zero-order valence-corrected chi connectivity index (χ0v) is 20.4. The number of nitrogens with zero attached hydrogens (tertiary/aromatic N) is 1. The molecule has 0 saturated heterocycles. The minimum Gasteiger partial charge on any atom is -0.301 e. The van der Waals surface area contributed by atoms with E-state index in [0.717, 1.165) is 32.4 Å². The van der Waals surface area contributed by atoms with Crippen LogP contribution in [0.4, 0.5) is 16.4 Å². The first-order valence-electron chi connectivity index (χ1n) is 11.9. The largest absolute Gasteiger partial charge is 0.301 e. The van der Waals surface area contributed by atoms with Gasteiger partial charge in [-0.15, -0.1) is 11.3 Å². The molecular weight excluding hydrogens is 458 g/mol. The van der Waals surface area contributed by atoms with Crippen LogP contribution in [-0.4, -0.2) is 5.78 Å². The molecule has 0 aliphatic carbocycles. The van der Waals surface area contributed by atoms with Crippen molar-refractivity contribution in [3.8, 4) is 11.1 Å². The lowest BCUT2D eigenvalue weighted by Crippen LogP contribution is -2.09. The Hall–Kier alpha value is -4.47. The molecule has 0 bridgehead atoms. The molecule has 0 N–H and O–H groups in total. The van der Waals surface area contributed by atoms with Gasteiger partial charge in [0.1, 0.15) is 5.00 Å². The molecule has 36 heavy (non-hydrogen) atoms. The number of anilines is 3.